The molecule has 7 heteroatoms. The van der Waals surface area contributed by atoms with Crippen LogP contribution in [0.4, 0.5) is 15.8 Å². The summed E-state index contributed by atoms with van der Waals surface area (Å²) in [5.74, 6) is 0.402. The average Bonchev–Trinajstić information content (AvgIpc) is 2.87. The second kappa shape index (κ2) is 9.10. The number of carbonyl (C=O) groups is 1. The van der Waals surface area contributed by atoms with Gasteiger partial charge in [0.25, 0.3) is 0 Å². The van der Waals surface area contributed by atoms with Crippen LogP contribution in [0.1, 0.15) is 11.1 Å². The number of nitrogens with one attached hydrogen (secondary N) is 1. The first kappa shape index (κ1) is 21.2. The molecule has 1 amide bonds. The number of nitrogens with zero attached hydrogens (tertiary/aromatic N) is 3. The summed E-state index contributed by atoms with van der Waals surface area (Å²) in [7, 11) is 1.67. The highest BCUT2D eigenvalue weighted by Gasteiger charge is 2.41. The van der Waals surface area contributed by atoms with Crippen molar-refractivity contribution in [3.05, 3.63) is 83.9 Å². The Hall–Kier alpha value is -3.61. The van der Waals surface area contributed by atoms with E-state index in [-0.39, 0.29) is 23.7 Å². The number of amides is 1. The topological polar surface area (TPSA) is 57.7 Å². The third-order valence-electron chi connectivity index (χ3n) is 6.64. The van der Waals surface area contributed by atoms with Gasteiger partial charge < -0.3 is 19.9 Å². The van der Waals surface area contributed by atoms with E-state index in [0.29, 0.717) is 19.5 Å². The summed E-state index contributed by atoms with van der Waals surface area (Å²) in [5.41, 5.74) is 4.24. The molecule has 3 heterocycles. The predicted octanol–water partition coefficient (Wildman–Crippen LogP) is 3.41. The molecule has 0 radical (unpaired) electrons. The van der Waals surface area contributed by atoms with Crippen LogP contribution in [0, 0.1) is 11.7 Å². The Balaban J connectivity index is 1.42. The number of carbonyl (C=O) groups excluding carboxylic acids is 1. The highest BCUT2D eigenvalue weighted by atomic mass is 19.1. The molecule has 2 unspecified atom stereocenters. The lowest BCUT2D eigenvalue weighted by atomic mass is 9.83. The number of methoxy groups -OCH3 is 1. The van der Waals surface area contributed by atoms with Crippen LogP contribution in [0.25, 0.3) is 0 Å². The van der Waals surface area contributed by atoms with Crippen LogP contribution in [0.2, 0.25) is 0 Å². The Morgan fingerprint density at radius 1 is 1.18 bits per heavy atom. The molecule has 2 aromatic carbocycles. The highest BCUT2D eigenvalue weighted by molar-refractivity contribution is 5.82. The number of pyridine rings is 1. The van der Waals surface area contributed by atoms with Crippen molar-refractivity contribution in [1.29, 1.82) is 0 Å². The zero-order valence-electron chi connectivity index (χ0n) is 18.6. The fourth-order valence-corrected chi connectivity index (χ4v) is 4.91. The van der Waals surface area contributed by atoms with E-state index in [0.717, 1.165) is 41.3 Å². The van der Waals surface area contributed by atoms with Crippen LogP contribution in [0.5, 0.6) is 5.75 Å². The third kappa shape index (κ3) is 4.35. The largest absolute Gasteiger partial charge is 0.497 e. The number of aromatic nitrogens is 1. The summed E-state index contributed by atoms with van der Waals surface area (Å²) in [4.78, 5) is 22.1. The molecule has 3 aromatic rings. The van der Waals surface area contributed by atoms with Gasteiger partial charge in [-0.2, -0.15) is 0 Å². The van der Waals surface area contributed by atoms with E-state index in [1.54, 1.807) is 19.5 Å². The van der Waals surface area contributed by atoms with Crippen LogP contribution >= 0.6 is 0 Å². The molecule has 1 aromatic heterocycles. The van der Waals surface area contributed by atoms with Gasteiger partial charge in [-0.15, -0.1) is 0 Å². The molecule has 170 valence electrons. The number of hydrogen-bond donors (Lipinski definition) is 1. The van der Waals surface area contributed by atoms with Crippen molar-refractivity contribution in [2.75, 3.05) is 36.5 Å². The van der Waals surface area contributed by atoms with E-state index < -0.39 is 0 Å². The summed E-state index contributed by atoms with van der Waals surface area (Å²) in [6, 6.07) is 16.5. The van der Waals surface area contributed by atoms with E-state index >= 15 is 0 Å². The van der Waals surface area contributed by atoms with Gasteiger partial charge in [0.05, 0.1) is 19.1 Å². The van der Waals surface area contributed by atoms with Gasteiger partial charge >= 0.3 is 0 Å². The Morgan fingerprint density at radius 2 is 2.03 bits per heavy atom. The summed E-state index contributed by atoms with van der Waals surface area (Å²) < 4.78 is 18.9. The van der Waals surface area contributed by atoms with Crippen molar-refractivity contribution in [2.45, 2.75) is 19.0 Å². The molecule has 0 spiro atoms. The summed E-state index contributed by atoms with van der Waals surface area (Å²) >= 11 is 0. The van der Waals surface area contributed by atoms with Crippen molar-refractivity contribution in [3.63, 3.8) is 0 Å². The van der Waals surface area contributed by atoms with Crippen molar-refractivity contribution in [3.8, 4) is 5.75 Å². The molecule has 0 bridgehead atoms. The van der Waals surface area contributed by atoms with E-state index in [4.69, 9.17) is 4.74 Å². The van der Waals surface area contributed by atoms with E-state index in [1.807, 2.05) is 30.3 Å². The quantitative estimate of drug-likeness (QED) is 0.651. The predicted molar refractivity (Wildman–Crippen MR) is 126 cm³/mol. The van der Waals surface area contributed by atoms with E-state index in [2.05, 4.69) is 32.2 Å². The van der Waals surface area contributed by atoms with Gasteiger partial charge in [0, 0.05) is 56.0 Å². The number of rotatable bonds is 5. The SMILES string of the molecule is COc1ccc2c(c1)N1CCN(c3ccc(F)cc3)CC1C(C(=O)NCc1cccnc1)C2. The number of fused-ring (bicyclic) bond motifs is 3. The van der Waals surface area contributed by atoms with Gasteiger partial charge in [-0.3, -0.25) is 9.78 Å². The molecule has 1 N–H and O–H groups in total. The van der Waals surface area contributed by atoms with Gasteiger partial charge in [0.1, 0.15) is 11.6 Å². The Labute approximate surface area is 193 Å². The lowest BCUT2D eigenvalue weighted by Gasteiger charge is -2.49. The molecular formula is C26H27FN4O2. The van der Waals surface area contributed by atoms with Crippen molar-refractivity contribution in [1.82, 2.24) is 10.3 Å². The maximum atomic E-state index is 13.5. The minimum atomic E-state index is -0.247. The third-order valence-corrected chi connectivity index (χ3v) is 6.64. The molecule has 2 atom stereocenters. The number of anilines is 2. The second-order valence-electron chi connectivity index (χ2n) is 8.57. The summed E-state index contributed by atoms with van der Waals surface area (Å²) in [5, 5.41) is 3.12. The number of benzene rings is 2. The van der Waals surface area contributed by atoms with Gasteiger partial charge in [0.2, 0.25) is 5.91 Å². The first-order valence-corrected chi connectivity index (χ1v) is 11.2. The monoisotopic (exact) mass is 446 g/mol. The van der Waals surface area contributed by atoms with Crippen molar-refractivity contribution >= 4 is 17.3 Å². The Bertz CT molecular complexity index is 1120. The lowest BCUT2D eigenvalue weighted by molar-refractivity contribution is -0.126. The van der Waals surface area contributed by atoms with E-state index in [1.165, 1.54) is 12.1 Å². The fourth-order valence-electron chi connectivity index (χ4n) is 4.91. The zero-order chi connectivity index (χ0) is 22.8. The molecule has 0 saturated carbocycles. The normalized spacial score (nSPS) is 19.5. The van der Waals surface area contributed by atoms with Gasteiger partial charge in [-0.25, -0.2) is 4.39 Å². The lowest BCUT2D eigenvalue weighted by Crippen LogP contribution is -2.61. The molecule has 6 nitrogen and oxygen atoms in total. The van der Waals surface area contributed by atoms with Crippen molar-refractivity contribution in [2.24, 2.45) is 5.92 Å². The Morgan fingerprint density at radius 3 is 2.79 bits per heavy atom. The van der Waals surface area contributed by atoms with Gasteiger partial charge in [-0.1, -0.05) is 12.1 Å². The molecule has 2 aliphatic heterocycles. The van der Waals surface area contributed by atoms with Crippen molar-refractivity contribution < 1.29 is 13.9 Å². The molecule has 5 rings (SSSR count). The zero-order valence-corrected chi connectivity index (χ0v) is 18.6. The molecule has 1 saturated heterocycles. The second-order valence-corrected chi connectivity index (χ2v) is 8.57. The van der Waals surface area contributed by atoms with E-state index in [9.17, 15) is 9.18 Å². The molecular weight excluding hydrogens is 419 g/mol. The molecule has 33 heavy (non-hydrogen) atoms. The first-order valence-electron chi connectivity index (χ1n) is 11.2. The van der Waals surface area contributed by atoms with Crippen LogP contribution in [0.3, 0.4) is 0 Å². The number of hydrogen-bond acceptors (Lipinski definition) is 5. The minimum Gasteiger partial charge on any atom is -0.497 e. The van der Waals surface area contributed by atoms with Gasteiger partial charge in [-0.05, 0) is 53.9 Å². The standard InChI is InChI=1S/C26H27FN4O2/c1-33-22-9-4-19-13-23(26(32)29-16-18-3-2-10-28-15-18)25-17-30(11-12-31(25)24(19)14-22)21-7-5-20(27)6-8-21/h2-10,14-15,23,25H,11-13,16-17H2,1H3,(H,29,32). The Kier molecular flexibility index (Phi) is 5.86. The molecule has 0 aliphatic carbocycles. The van der Waals surface area contributed by atoms with Crippen LogP contribution in [-0.4, -0.2) is 43.7 Å². The van der Waals surface area contributed by atoms with Gasteiger partial charge in [0.15, 0.2) is 0 Å². The summed E-state index contributed by atoms with van der Waals surface area (Å²) in [6.45, 7) is 2.71. The minimum absolute atomic E-state index is 0.00249. The number of halogens is 1. The average molecular weight is 447 g/mol. The number of ether oxygens (including phenoxy) is 1. The maximum absolute atomic E-state index is 13.5. The highest BCUT2D eigenvalue weighted by Crippen LogP contribution is 2.39. The first-order chi connectivity index (χ1) is 16.1. The van der Waals surface area contributed by atoms with Crippen LogP contribution in [0.15, 0.2) is 67.0 Å². The maximum Gasteiger partial charge on any atom is 0.225 e. The summed E-state index contributed by atoms with van der Waals surface area (Å²) in [6.07, 6.45) is 4.16. The van der Waals surface area contributed by atoms with Crippen LogP contribution < -0.4 is 19.9 Å². The molecule has 2 aliphatic rings. The van der Waals surface area contributed by atoms with Crippen LogP contribution in [-0.2, 0) is 17.8 Å². The number of piperazine rings is 1. The fraction of sp³-hybridized carbons (Fsp3) is 0.308. The molecule has 1 fully saturated rings. The smallest absolute Gasteiger partial charge is 0.225 e.